The normalized spacial score (nSPS) is 10.8. The van der Waals surface area contributed by atoms with Crippen LogP contribution in [0.2, 0.25) is 0 Å². The molecule has 2 heterocycles. The van der Waals surface area contributed by atoms with Crippen molar-refractivity contribution in [2.45, 2.75) is 34.1 Å². The third-order valence-electron chi connectivity index (χ3n) is 5.77. The van der Waals surface area contributed by atoms with E-state index in [1.54, 1.807) is 6.20 Å². The topological polar surface area (TPSA) is 64.0 Å². The van der Waals surface area contributed by atoms with Gasteiger partial charge in [0.1, 0.15) is 5.56 Å². The van der Waals surface area contributed by atoms with Crippen molar-refractivity contribution in [3.63, 3.8) is 0 Å². The number of aromatic nitrogens is 2. The Morgan fingerprint density at radius 1 is 0.970 bits per heavy atom. The number of hydrogen-bond acceptors (Lipinski definition) is 3. The van der Waals surface area contributed by atoms with E-state index >= 15 is 0 Å². The number of nitrogens with one attached hydrogen (secondary N) is 1. The van der Waals surface area contributed by atoms with Crippen molar-refractivity contribution in [2.75, 3.05) is 5.32 Å². The van der Waals surface area contributed by atoms with Gasteiger partial charge in [0, 0.05) is 29.3 Å². The van der Waals surface area contributed by atoms with Crippen molar-refractivity contribution in [1.82, 2.24) is 9.55 Å². The molecule has 0 unspecified atom stereocenters. The largest absolute Gasteiger partial charge is 0.321 e. The second-order valence-electron chi connectivity index (χ2n) is 8.18. The molecule has 2 aromatic carbocycles. The van der Waals surface area contributed by atoms with Crippen LogP contribution in [0.15, 0.2) is 77.7 Å². The number of para-hydroxylation sites is 1. The molecule has 0 fully saturated rings. The van der Waals surface area contributed by atoms with Crippen LogP contribution in [0, 0.1) is 20.8 Å². The first-order chi connectivity index (χ1) is 15.9. The first-order valence-corrected chi connectivity index (χ1v) is 11.1. The van der Waals surface area contributed by atoms with Crippen molar-refractivity contribution < 1.29 is 4.79 Å². The van der Waals surface area contributed by atoms with Gasteiger partial charge in [-0.2, -0.15) is 0 Å². The summed E-state index contributed by atoms with van der Waals surface area (Å²) in [4.78, 5) is 31.4. The van der Waals surface area contributed by atoms with Gasteiger partial charge in [-0.15, -0.1) is 0 Å². The third-order valence-corrected chi connectivity index (χ3v) is 5.77. The summed E-state index contributed by atoms with van der Waals surface area (Å²) in [5.41, 5.74) is 6.19. The van der Waals surface area contributed by atoms with Crippen molar-refractivity contribution in [3.8, 4) is 17.1 Å². The summed E-state index contributed by atoms with van der Waals surface area (Å²) in [5, 5.41) is 3.03. The average Bonchev–Trinajstić information content (AvgIpc) is 2.80. The zero-order chi connectivity index (χ0) is 23.5. The van der Waals surface area contributed by atoms with Gasteiger partial charge in [-0.25, -0.2) is 0 Å². The maximum Gasteiger partial charge on any atom is 0.261 e. The minimum absolute atomic E-state index is 0.0751. The highest BCUT2D eigenvalue weighted by Gasteiger charge is 2.24. The summed E-state index contributed by atoms with van der Waals surface area (Å²) in [6.45, 7) is 7.88. The van der Waals surface area contributed by atoms with Crippen LogP contribution < -0.4 is 10.7 Å². The van der Waals surface area contributed by atoms with Gasteiger partial charge in [-0.1, -0.05) is 43.3 Å². The number of aryl methyl sites for hydroxylation is 4. The number of rotatable bonds is 5. The number of carbonyl (C=O) groups is 1. The summed E-state index contributed by atoms with van der Waals surface area (Å²) in [6.07, 6.45) is 2.44. The van der Waals surface area contributed by atoms with E-state index in [2.05, 4.69) is 10.3 Å². The Labute approximate surface area is 193 Å². The minimum Gasteiger partial charge on any atom is -0.321 e. The molecule has 33 heavy (non-hydrogen) atoms. The maximum absolute atomic E-state index is 13.7. The zero-order valence-corrected chi connectivity index (χ0v) is 19.3. The molecule has 0 radical (unpaired) electrons. The molecule has 5 heteroatoms. The van der Waals surface area contributed by atoms with Crippen molar-refractivity contribution >= 4 is 11.6 Å². The molecule has 0 aliphatic carbocycles. The van der Waals surface area contributed by atoms with Crippen LogP contribution in [-0.2, 0) is 6.42 Å². The summed E-state index contributed by atoms with van der Waals surface area (Å²) >= 11 is 0. The Morgan fingerprint density at radius 2 is 1.76 bits per heavy atom. The fraction of sp³-hybridized carbons (Fsp3) is 0.179. The number of hydrogen-bond donors (Lipinski definition) is 1. The van der Waals surface area contributed by atoms with Gasteiger partial charge in [0.15, 0.2) is 5.43 Å². The number of anilines is 1. The van der Waals surface area contributed by atoms with Crippen molar-refractivity contribution in [2.24, 2.45) is 0 Å². The quantitative estimate of drug-likeness (QED) is 0.439. The lowest BCUT2D eigenvalue weighted by Gasteiger charge is -2.21. The van der Waals surface area contributed by atoms with Crippen LogP contribution in [-0.4, -0.2) is 15.5 Å². The van der Waals surface area contributed by atoms with Gasteiger partial charge in [0.2, 0.25) is 0 Å². The molecule has 4 aromatic rings. The van der Waals surface area contributed by atoms with E-state index in [-0.39, 0.29) is 11.0 Å². The highest BCUT2D eigenvalue weighted by Crippen LogP contribution is 2.28. The second kappa shape index (κ2) is 9.25. The molecule has 5 nitrogen and oxygen atoms in total. The van der Waals surface area contributed by atoms with E-state index in [1.165, 1.54) is 6.07 Å². The van der Waals surface area contributed by atoms with E-state index in [0.29, 0.717) is 11.4 Å². The molecule has 0 bridgehead atoms. The van der Waals surface area contributed by atoms with E-state index < -0.39 is 5.91 Å². The maximum atomic E-state index is 13.7. The van der Waals surface area contributed by atoms with Crippen LogP contribution in [0.3, 0.4) is 0 Å². The molecule has 1 amide bonds. The highest BCUT2D eigenvalue weighted by atomic mass is 16.2. The number of pyridine rings is 2. The second-order valence-corrected chi connectivity index (χ2v) is 8.18. The summed E-state index contributed by atoms with van der Waals surface area (Å²) < 4.78 is 1.93. The van der Waals surface area contributed by atoms with Crippen molar-refractivity contribution in [3.05, 3.63) is 111 Å². The Balaban J connectivity index is 1.98. The lowest BCUT2D eigenvalue weighted by molar-refractivity contribution is 0.102. The van der Waals surface area contributed by atoms with Gasteiger partial charge < -0.3 is 9.88 Å². The van der Waals surface area contributed by atoms with Crippen molar-refractivity contribution in [1.29, 1.82) is 0 Å². The summed E-state index contributed by atoms with van der Waals surface area (Å²) in [5.74, 6) is -0.439. The summed E-state index contributed by atoms with van der Waals surface area (Å²) in [7, 11) is 0. The molecule has 0 saturated carbocycles. The molecule has 0 aliphatic heterocycles. The Kier molecular flexibility index (Phi) is 6.22. The van der Waals surface area contributed by atoms with Gasteiger partial charge in [-0.3, -0.25) is 14.6 Å². The molecule has 2 aromatic heterocycles. The molecule has 0 aliphatic rings. The zero-order valence-electron chi connectivity index (χ0n) is 19.3. The number of benzene rings is 2. The number of amides is 1. The molecule has 1 N–H and O–H groups in total. The van der Waals surface area contributed by atoms with E-state index in [1.807, 2.05) is 92.9 Å². The van der Waals surface area contributed by atoms with Gasteiger partial charge >= 0.3 is 0 Å². The molecule has 166 valence electrons. The Morgan fingerprint density at radius 3 is 2.45 bits per heavy atom. The molecular formula is C28H27N3O2. The van der Waals surface area contributed by atoms with E-state index in [9.17, 15) is 9.59 Å². The summed E-state index contributed by atoms with van der Waals surface area (Å²) in [6, 6.07) is 20.9. The molecule has 0 spiro atoms. The first-order valence-electron chi connectivity index (χ1n) is 11.1. The number of nitrogens with zero attached hydrogens (tertiary/aromatic N) is 2. The molecule has 0 atom stereocenters. The smallest absolute Gasteiger partial charge is 0.261 e. The SMILES string of the molecule is CCc1cccc(C)c1NC(=O)c1c(-c2ccccn2)n(-c2cccc(C)c2)c(C)cc1=O. The Bertz CT molecular complexity index is 1390. The average molecular weight is 438 g/mol. The lowest BCUT2D eigenvalue weighted by Crippen LogP contribution is -2.27. The molecule has 4 rings (SSSR count). The Hall–Kier alpha value is -3.99. The van der Waals surface area contributed by atoms with Crippen LogP contribution in [0.5, 0.6) is 0 Å². The van der Waals surface area contributed by atoms with Crippen LogP contribution in [0.4, 0.5) is 5.69 Å². The van der Waals surface area contributed by atoms with E-state index in [4.69, 9.17) is 0 Å². The van der Waals surface area contributed by atoms with Crippen LogP contribution in [0.25, 0.3) is 17.1 Å². The monoisotopic (exact) mass is 437 g/mol. The molecule has 0 saturated heterocycles. The molecular weight excluding hydrogens is 410 g/mol. The first kappa shape index (κ1) is 22.2. The lowest BCUT2D eigenvalue weighted by atomic mass is 10.0. The fourth-order valence-electron chi connectivity index (χ4n) is 4.17. The predicted molar refractivity (Wildman–Crippen MR) is 133 cm³/mol. The third kappa shape index (κ3) is 4.35. The van der Waals surface area contributed by atoms with Gasteiger partial charge in [0.25, 0.3) is 5.91 Å². The van der Waals surface area contributed by atoms with Gasteiger partial charge in [0.05, 0.1) is 11.4 Å². The number of carbonyl (C=O) groups excluding carboxylic acids is 1. The predicted octanol–water partition coefficient (Wildman–Crippen LogP) is 5.64. The van der Waals surface area contributed by atoms with Crippen LogP contribution in [0.1, 0.15) is 39.7 Å². The highest BCUT2D eigenvalue weighted by molar-refractivity contribution is 6.08. The standard InChI is InChI=1S/C28H27N3O2/c1-5-21-12-9-11-19(3)26(21)30-28(33)25-24(32)17-20(4)31(22-13-8-10-18(2)16-22)27(25)23-14-6-7-15-29-23/h6-17H,5H2,1-4H3,(H,30,33). The van der Waals surface area contributed by atoms with Crippen LogP contribution >= 0.6 is 0 Å². The minimum atomic E-state index is -0.439. The fourth-order valence-corrected chi connectivity index (χ4v) is 4.17. The van der Waals surface area contributed by atoms with E-state index in [0.717, 1.165) is 40.2 Å². The van der Waals surface area contributed by atoms with Gasteiger partial charge in [-0.05, 0) is 68.1 Å².